The van der Waals surface area contributed by atoms with Crippen molar-refractivity contribution < 1.29 is 27.8 Å². The number of nitrogens with zero attached hydrogens (tertiary/aromatic N) is 6. The zero-order valence-electron chi connectivity index (χ0n) is 26.4. The molecule has 4 aromatic rings. The number of hydrogen-bond acceptors (Lipinski definition) is 8. The van der Waals surface area contributed by atoms with E-state index in [1.165, 1.54) is 24.3 Å². The number of alkyl halides is 1. The van der Waals surface area contributed by atoms with Crippen molar-refractivity contribution in [2.24, 2.45) is 5.92 Å². The van der Waals surface area contributed by atoms with Crippen LogP contribution in [0.4, 0.5) is 19.0 Å². The summed E-state index contributed by atoms with van der Waals surface area (Å²) in [6.07, 6.45) is 8.90. The van der Waals surface area contributed by atoms with Gasteiger partial charge in [0.25, 0.3) is 0 Å². The molecule has 12 heteroatoms. The number of pyridine rings is 1. The lowest BCUT2D eigenvalue weighted by Crippen LogP contribution is -2.58. The highest BCUT2D eigenvalue weighted by molar-refractivity contribution is 6.04. The van der Waals surface area contributed by atoms with Crippen LogP contribution in [-0.2, 0) is 0 Å². The maximum Gasteiger partial charge on any atom is 0.319 e. The van der Waals surface area contributed by atoms with Gasteiger partial charge in [0, 0.05) is 48.8 Å². The first-order valence-corrected chi connectivity index (χ1v) is 16.2. The summed E-state index contributed by atoms with van der Waals surface area (Å²) in [6.45, 7) is 9.30. The number of terminal acetylenes is 1. The van der Waals surface area contributed by atoms with E-state index in [0.717, 1.165) is 32.2 Å². The summed E-state index contributed by atoms with van der Waals surface area (Å²) in [7, 11) is 1.90. The first-order valence-electron chi connectivity index (χ1n) is 16.2. The van der Waals surface area contributed by atoms with E-state index in [1.54, 1.807) is 0 Å². The van der Waals surface area contributed by atoms with Gasteiger partial charge in [0.2, 0.25) is 12.4 Å². The molecule has 8 rings (SSSR count). The zero-order valence-corrected chi connectivity index (χ0v) is 26.4. The number of halogens is 3. The Morgan fingerprint density at radius 3 is 2.79 bits per heavy atom. The maximum atomic E-state index is 17.1. The number of rotatable bonds is 5. The number of hydrogen-bond donors (Lipinski definition) is 1. The van der Waals surface area contributed by atoms with Gasteiger partial charge < -0.3 is 24.3 Å². The van der Waals surface area contributed by atoms with Crippen molar-refractivity contribution in [3.8, 4) is 41.2 Å². The van der Waals surface area contributed by atoms with Gasteiger partial charge in [0.05, 0.1) is 17.7 Å². The quantitative estimate of drug-likeness (QED) is 0.206. The molecule has 9 nitrogen and oxygen atoms in total. The van der Waals surface area contributed by atoms with Crippen LogP contribution in [0.1, 0.15) is 44.1 Å². The molecular weight excluding hydrogens is 621 g/mol. The normalized spacial score (nSPS) is 26.4. The molecule has 5 heterocycles. The fraction of sp³-hybridized carbons (Fsp3) is 0.444. The highest BCUT2D eigenvalue weighted by Gasteiger charge is 2.51. The van der Waals surface area contributed by atoms with E-state index in [9.17, 15) is 13.9 Å². The second kappa shape index (κ2) is 11.1. The molecule has 246 valence electrons. The minimum atomic E-state index is -0.950. The Morgan fingerprint density at radius 1 is 1.17 bits per heavy atom. The average Bonchev–Trinajstić information content (AvgIpc) is 3.57. The van der Waals surface area contributed by atoms with E-state index in [1.807, 2.05) is 11.9 Å². The summed E-state index contributed by atoms with van der Waals surface area (Å²) < 4.78 is 59.1. The van der Waals surface area contributed by atoms with Crippen molar-refractivity contribution in [1.29, 1.82) is 0 Å². The molecular formula is C36H33F3N6O3. The molecule has 2 saturated heterocycles. The number of phenols is 1. The number of phenolic OH excluding ortho intramolecular Hbond substituents is 1. The second-order valence-corrected chi connectivity index (χ2v) is 13.7. The molecule has 0 radical (unpaired) electrons. The smallest absolute Gasteiger partial charge is 0.319 e. The van der Waals surface area contributed by atoms with Crippen molar-refractivity contribution in [2.75, 3.05) is 44.8 Å². The largest absolute Gasteiger partial charge is 0.508 e. The molecule has 0 unspecified atom stereocenters. The standard InChI is InChI=1S/C36H33F3N6O3/c1-4-24-26(38)7-6-21-12-23(46)13-25(27(21)24)30-29(39)31-28-32(43-34(42-31)48-19-36-8-5-10-45(36)18-22(37)16-36)44(3)35(9-11-47-33(28)41-30)14-20(15-35)17-40-2/h1,6-7,12-13,20,22,46H,5,8-11,14-19H2,3H3/t20?,22-,35?,36+/m1/s1. The lowest BCUT2D eigenvalue weighted by molar-refractivity contribution is 0.106. The van der Waals surface area contributed by atoms with Gasteiger partial charge in [0.1, 0.15) is 46.8 Å². The number of benzene rings is 2. The molecule has 1 aliphatic carbocycles. The minimum Gasteiger partial charge on any atom is -0.508 e. The Kier molecular flexibility index (Phi) is 7.08. The molecule has 3 fully saturated rings. The van der Waals surface area contributed by atoms with Crippen molar-refractivity contribution in [1.82, 2.24) is 19.9 Å². The van der Waals surface area contributed by atoms with Crippen LogP contribution >= 0.6 is 0 Å². The molecule has 4 aliphatic rings. The summed E-state index contributed by atoms with van der Waals surface area (Å²) >= 11 is 0. The minimum absolute atomic E-state index is 0.0706. The van der Waals surface area contributed by atoms with Crippen LogP contribution in [0.25, 0.3) is 37.8 Å². The lowest BCUT2D eigenvalue weighted by atomic mass is 9.65. The van der Waals surface area contributed by atoms with Crippen molar-refractivity contribution in [2.45, 2.75) is 55.8 Å². The van der Waals surface area contributed by atoms with Crippen LogP contribution in [0.2, 0.25) is 0 Å². The van der Waals surface area contributed by atoms with Gasteiger partial charge in [0.15, 0.2) is 5.82 Å². The van der Waals surface area contributed by atoms with E-state index in [-0.39, 0.29) is 75.4 Å². The Hall–Kier alpha value is -4.81. The van der Waals surface area contributed by atoms with Gasteiger partial charge in [-0.3, -0.25) is 4.90 Å². The van der Waals surface area contributed by atoms with Gasteiger partial charge >= 0.3 is 6.01 Å². The third-order valence-corrected chi connectivity index (χ3v) is 10.9. The van der Waals surface area contributed by atoms with Gasteiger partial charge in [-0.25, -0.2) is 24.7 Å². The molecule has 48 heavy (non-hydrogen) atoms. The van der Waals surface area contributed by atoms with E-state index in [4.69, 9.17) is 27.5 Å². The van der Waals surface area contributed by atoms with Crippen LogP contribution in [0.3, 0.4) is 0 Å². The Bertz CT molecular complexity index is 2070. The molecule has 2 atom stereocenters. The van der Waals surface area contributed by atoms with Crippen molar-refractivity contribution in [3.63, 3.8) is 0 Å². The lowest BCUT2D eigenvalue weighted by Gasteiger charge is -2.53. The summed E-state index contributed by atoms with van der Waals surface area (Å²) in [5.74, 6) is 1.33. The number of aromatic hydroxyl groups is 1. The SMILES string of the molecule is [C-]#[N+]CC1CC2(CCOc3nc(-c4cc(O)cc5ccc(F)c(C#C)c45)c(F)c4nc(OC[C@@]56CCCN5C[C@H](F)C6)nc(c34)N2C)C1. The molecule has 0 bridgehead atoms. The molecule has 1 spiro atoms. The van der Waals surface area contributed by atoms with E-state index < -0.39 is 23.3 Å². The summed E-state index contributed by atoms with van der Waals surface area (Å²) in [5, 5.41) is 11.5. The highest BCUT2D eigenvalue weighted by Crippen LogP contribution is 2.50. The van der Waals surface area contributed by atoms with Crippen molar-refractivity contribution in [3.05, 3.63) is 52.9 Å². The van der Waals surface area contributed by atoms with E-state index in [0.29, 0.717) is 37.1 Å². The van der Waals surface area contributed by atoms with Gasteiger partial charge in [-0.15, -0.1) is 6.42 Å². The summed E-state index contributed by atoms with van der Waals surface area (Å²) in [6, 6.07) is 5.30. The fourth-order valence-electron chi connectivity index (χ4n) is 8.57. The van der Waals surface area contributed by atoms with Crippen LogP contribution in [0.15, 0.2) is 24.3 Å². The summed E-state index contributed by atoms with van der Waals surface area (Å²) in [4.78, 5) is 21.7. The number of anilines is 1. The molecule has 3 aliphatic heterocycles. The number of ether oxygens (including phenoxy) is 2. The molecule has 1 saturated carbocycles. The van der Waals surface area contributed by atoms with Crippen molar-refractivity contribution >= 4 is 27.5 Å². The Morgan fingerprint density at radius 2 is 2.00 bits per heavy atom. The fourth-order valence-corrected chi connectivity index (χ4v) is 8.57. The van der Waals surface area contributed by atoms with Crippen LogP contribution < -0.4 is 14.4 Å². The molecule has 0 amide bonds. The number of aromatic nitrogens is 3. The third-order valence-electron chi connectivity index (χ3n) is 10.9. The van der Waals surface area contributed by atoms with Gasteiger partial charge in [-0.2, -0.15) is 9.97 Å². The Labute approximate surface area is 275 Å². The topological polar surface area (TPSA) is 88.2 Å². The highest BCUT2D eigenvalue weighted by atomic mass is 19.1. The third kappa shape index (κ3) is 4.61. The zero-order chi connectivity index (χ0) is 33.4. The van der Waals surface area contributed by atoms with E-state index >= 15 is 4.39 Å². The van der Waals surface area contributed by atoms with E-state index in [2.05, 4.69) is 25.6 Å². The second-order valence-electron chi connectivity index (χ2n) is 13.7. The monoisotopic (exact) mass is 654 g/mol. The van der Waals surface area contributed by atoms with Crippen LogP contribution in [0, 0.1) is 36.5 Å². The predicted octanol–water partition coefficient (Wildman–Crippen LogP) is 6.05. The molecule has 2 aromatic carbocycles. The van der Waals surface area contributed by atoms with Crippen LogP contribution in [-0.4, -0.2) is 82.1 Å². The number of fused-ring (bicyclic) bond motifs is 2. The average molecular weight is 655 g/mol. The van der Waals surface area contributed by atoms with Crippen LogP contribution in [0.5, 0.6) is 17.6 Å². The summed E-state index contributed by atoms with van der Waals surface area (Å²) in [5.41, 5.74) is -1.23. The Balaban J connectivity index is 1.32. The predicted molar refractivity (Wildman–Crippen MR) is 174 cm³/mol. The van der Waals surface area contributed by atoms with Gasteiger partial charge in [-0.05, 0) is 55.8 Å². The maximum absolute atomic E-state index is 17.1. The first kappa shape index (κ1) is 30.5. The van der Waals surface area contributed by atoms with Gasteiger partial charge in [-0.1, -0.05) is 12.0 Å². The first-order chi connectivity index (χ1) is 23.1. The molecule has 2 aromatic heterocycles. The molecule has 1 N–H and O–H groups in total.